The van der Waals surface area contributed by atoms with Gasteiger partial charge in [-0.3, -0.25) is 4.79 Å². The fourth-order valence-electron chi connectivity index (χ4n) is 2.86. The van der Waals surface area contributed by atoms with Gasteiger partial charge < -0.3 is 15.0 Å². The van der Waals surface area contributed by atoms with Crippen LogP contribution < -0.4 is 10.2 Å². The highest BCUT2D eigenvalue weighted by Crippen LogP contribution is 2.14. The van der Waals surface area contributed by atoms with E-state index in [0.717, 1.165) is 5.82 Å². The summed E-state index contributed by atoms with van der Waals surface area (Å²) in [5, 5.41) is 2.66. The Balaban J connectivity index is 1.79. The monoisotopic (exact) mass is 384 g/mol. The van der Waals surface area contributed by atoms with Gasteiger partial charge in [-0.15, -0.1) is 0 Å². The summed E-state index contributed by atoms with van der Waals surface area (Å²) in [5.74, 6) is 0.494. The van der Waals surface area contributed by atoms with Crippen LogP contribution in [0.5, 0.6) is 0 Å². The van der Waals surface area contributed by atoms with Crippen molar-refractivity contribution in [2.75, 3.05) is 50.0 Å². The van der Waals surface area contributed by atoms with Crippen molar-refractivity contribution in [2.24, 2.45) is 0 Å². The molecule has 0 bridgehead atoms. The number of sulfonamides is 1. The molecule has 1 amide bonds. The Morgan fingerprint density at radius 1 is 1.27 bits per heavy atom. The van der Waals surface area contributed by atoms with Gasteiger partial charge in [0.05, 0.1) is 5.75 Å². The van der Waals surface area contributed by atoms with Crippen molar-refractivity contribution < 1.29 is 17.9 Å². The van der Waals surface area contributed by atoms with Crippen LogP contribution in [-0.4, -0.2) is 74.8 Å². The van der Waals surface area contributed by atoms with Crippen molar-refractivity contribution in [3.63, 3.8) is 0 Å². The van der Waals surface area contributed by atoms with Crippen LogP contribution in [0.2, 0.25) is 0 Å². The highest BCUT2D eigenvalue weighted by Gasteiger charge is 2.27. The van der Waals surface area contributed by atoms with Gasteiger partial charge in [0.2, 0.25) is 15.9 Å². The molecule has 0 saturated carbocycles. The lowest BCUT2D eigenvalue weighted by atomic mass is 10.2. The molecule has 9 heteroatoms. The first-order chi connectivity index (χ1) is 12.5. The Morgan fingerprint density at radius 2 is 2.00 bits per heavy atom. The molecule has 146 valence electrons. The predicted molar refractivity (Wildman–Crippen MR) is 101 cm³/mol. The molecule has 1 fully saturated rings. The number of rotatable bonds is 9. The van der Waals surface area contributed by atoms with E-state index in [2.05, 4.69) is 15.2 Å². The summed E-state index contributed by atoms with van der Waals surface area (Å²) in [5.41, 5.74) is 0. The lowest BCUT2D eigenvalue weighted by molar-refractivity contribution is -0.132. The lowest BCUT2D eigenvalue weighted by Crippen LogP contribution is -2.50. The van der Waals surface area contributed by atoms with E-state index >= 15 is 0 Å². The van der Waals surface area contributed by atoms with Gasteiger partial charge in [0.15, 0.2) is 0 Å². The van der Waals surface area contributed by atoms with Crippen molar-refractivity contribution in [2.45, 2.75) is 26.4 Å². The summed E-state index contributed by atoms with van der Waals surface area (Å²) in [7, 11) is -3.40. The number of anilines is 1. The van der Waals surface area contributed by atoms with Crippen LogP contribution in [0.4, 0.5) is 5.82 Å². The average Bonchev–Trinajstić information content (AvgIpc) is 2.66. The van der Waals surface area contributed by atoms with Crippen molar-refractivity contribution >= 4 is 21.7 Å². The van der Waals surface area contributed by atoms with Crippen LogP contribution in [-0.2, 0) is 19.6 Å². The zero-order chi connectivity index (χ0) is 19.0. The maximum Gasteiger partial charge on any atom is 0.249 e. The van der Waals surface area contributed by atoms with Crippen molar-refractivity contribution in [3.05, 3.63) is 24.4 Å². The van der Waals surface area contributed by atoms with Crippen LogP contribution in [0.1, 0.15) is 20.3 Å². The fourth-order valence-corrected chi connectivity index (χ4v) is 4.20. The molecule has 2 rings (SSSR count). The fraction of sp³-hybridized carbons (Fsp3) is 0.647. The Bertz CT molecular complexity index is 661. The topological polar surface area (TPSA) is 91.8 Å². The van der Waals surface area contributed by atoms with Crippen LogP contribution in [0.3, 0.4) is 0 Å². The van der Waals surface area contributed by atoms with Gasteiger partial charge in [0.1, 0.15) is 11.9 Å². The molecule has 2 heterocycles. The van der Waals surface area contributed by atoms with Crippen molar-refractivity contribution in [1.29, 1.82) is 0 Å². The van der Waals surface area contributed by atoms with E-state index in [1.807, 2.05) is 32.0 Å². The first kappa shape index (κ1) is 20.6. The van der Waals surface area contributed by atoms with Crippen LogP contribution in [0.15, 0.2) is 24.4 Å². The van der Waals surface area contributed by atoms with Gasteiger partial charge in [0, 0.05) is 45.5 Å². The van der Waals surface area contributed by atoms with Crippen LogP contribution >= 0.6 is 0 Å². The zero-order valence-corrected chi connectivity index (χ0v) is 16.2. The average molecular weight is 385 g/mol. The smallest absolute Gasteiger partial charge is 0.249 e. The third-order valence-corrected chi connectivity index (χ3v) is 6.17. The third kappa shape index (κ3) is 5.65. The lowest BCUT2D eigenvalue weighted by Gasteiger charge is -2.34. The molecule has 1 aromatic heterocycles. The minimum absolute atomic E-state index is 0.0885. The van der Waals surface area contributed by atoms with E-state index in [4.69, 9.17) is 4.74 Å². The van der Waals surface area contributed by atoms with Crippen LogP contribution in [0, 0.1) is 0 Å². The second kappa shape index (κ2) is 9.84. The van der Waals surface area contributed by atoms with Gasteiger partial charge in [0.25, 0.3) is 0 Å². The number of aromatic nitrogens is 1. The zero-order valence-electron chi connectivity index (χ0n) is 15.4. The van der Waals surface area contributed by atoms with E-state index in [0.29, 0.717) is 39.2 Å². The first-order valence-corrected chi connectivity index (χ1v) is 10.6. The maximum absolute atomic E-state index is 12.5. The number of ether oxygens (including phenoxy) is 1. The standard InChI is InChI=1S/C17H28N4O4S/c1-3-15(25-4-2)17(22)19-9-14-26(23,24)21-12-10-20(11-13-21)16-7-5-6-8-18-16/h5-8,15H,3-4,9-14H2,1-2H3,(H,19,22). The molecule has 8 nitrogen and oxygen atoms in total. The van der Waals surface area contributed by atoms with E-state index in [1.54, 1.807) is 6.20 Å². The SMILES string of the molecule is CCOC(CC)C(=O)NCCS(=O)(=O)N1CCN(c2ccccn2)CC1. The number of amides is 1. The van der Waals surface area contributed by atoms with E-state index in [1.165, 1.54) is 4.31 Å². The number of hydrogen-bond donors (Lipinski definition) is 1. The van der Waals surface area contributed by atoms with E-state index < -0.39 is 16.1 Å². The van der Waals surface area contributed by atoms with Crippen molar-refractivity contribution in [1.82, 2.24) is 14.6 Å². The molecule has 1 aliphatic rings. The van der Waals surface area contributed by atoms with E-state index in [-0.39, 0.29) is 18.2 Å². The second-order valence-electron chi connectivity index (χ2n) is 6.03. The number of nitrogens with zero attached hydrogens (tertiary/aromatic N) is 3. The number of carbonyl (C=O) groups is 1. The van der Waals surface area contributed by atoms with Crippen molar-refractivity contribution in [3.8, 4) is 0 Å². The largest absolute Gasteiger partial charge is 0.369 e. The van der Waals surface area contributed by atoms with Gasteiger partial charge in [-0.05, 0) is 25.5 Å². The quantitative estimate of drug-likeness (QED) is 0.665. The highest BCUT2D eigenvalue weighted by molar-refractivity contribution is 7.89. The second-order valence-corrected chi connectivity index (χ2v) is 8.12. The molecule has 1 aromatic rings. The summed E-state index contributed by atoms with van der Waals surface area (Å²) in [6.07, 6.45) is 1.76. The Labute approximate surface area is 155 Å². The Hall–Kier alpha value is -1.71. The summed E-state index contributed by atoms with van der Waals surface area (Å²) < 4.78 is 31.8. The van der Waals surface area contributed by atoms with Gasteiger partial charge in [-0.2, -0.15) is 4.31 Å². The molecule has 0 aliphatic carbocycles. The number of piperazine rings is 1. The first-order valence-electron chi connectivity index (χ1n) is 9.01. The number of hydrogen-bond acceptors (Lipinski definition) is 6. The molecule has 1 aliphatic heterocycles. The minimum Gasteiger partial charge on any atom is -0.369 e. The molecule has 0 aromatic carbocycles. The summed E-state index contributed by atoms with van der Waals surface area (Å²) in [6, 6.07) is 5.69. The molecule has 0 radical (unpaired) electrons. The Morgan fingerprint density at radius 3 is 2.58 bits per heavy atom. The number of carbonyl (C=O) groups excluding carboxylic acids is 1. The molecule has 1 N–H and O–H groups in total. The molecular weight excluding hydrogens is 356 g/mol. The summed E-state index contributed by atoms with van der Waals surface area (Å²) in [4.78, 5) is 18.3. The predicted octanol–water partition coefficient (Wildman–Crippen LogP) is 0.465. The molecule has 1 unspecified atom stereocenters. The molecule has 26 heavy (non-hydrogen) atoms. The number of pyridine rings is 1. The maximum atomic E-state index is 12.5. The highest BCUT2D eigenvalue weighted by atomic mass is 32.2. The number of nitrogens with one attached hydrogen (secondary N) is 1. The Kier molecular flexibility index (Phi) is 7.80. The molecule has 1 saturated heterocycles. The molecule has 0 spiro atoms. The van der Waals surface area contributed by atoms with Crippen LogP contribution in [0.25, 0.3) is 0 Å². The van der Waals surface area contributed by atoms with Gasteiger partial charge >= 0.3 is 0 Å². The molecule has 1 atom stereocenters. The summed E-state index contributed by atoms with van der Waals surface area (Å²) >= 11 is 0. The summed E-state index contributed by atoms with van der Waals surface area (Å²) in [6.45, 7) is 6.27. The normalized spacial score (nSPS) is 17.1. The van der Waals surface area contributed by atoms with Gasteiger partial charge in [-0.25, -0.2) is 13.4 Å². The third-order valence-electron chi connectivity index (χ3n) is 4.30. The van der Waals surface area contributed by atoms with Gasteiger partial charge in [-0.1, -0.05) is 13.0 Å². The minimum atomic E-state index is -3.40. The van der Waals surface area contributed by atoms with E-state index in [9.17, 15) is 13.2 Å². The molecular formula is C17H28N4O4S.